The highest BCUT2D eigenvalue weighted by atomic mass is 32.2. The number of hydrogen-bond acceptors (Lipinski definition) is 4. The lowest BCUT2D eigenvalue weighted by Crippen LogP contribution is -2.38. The van der Waals surface area contributed by atoms with E-state index in [2.05, 4.69) is 10.0 Å². The predicted octanol–water partition coefficient (Wildman–Crippen LogP) is -0.184. The van der Waals surface area contributed by atoms with Gasteiger partial charge in [0.2, 0.25) is 10.0 Å². The first-order valence-corrected chi connectivity index (χ1v) is 6.06. The molecule has 0 aromatic carbocycles. The van der Waals surface area contributed by atoms with Gasteiger partial charge >= 0.3 is 0 Å². The van der Waals surface area contributed by atoms with E-state index in [0.29, 0.717) is 19.1 Å². The Bertz CT molecular complexity index is 292. The number of nitriles is 1. The van der Waals surface area contributed by atoms with Gasteiger partial charge in [0.25, 0.3) is 0 Å². The average molecular weight is 219 g/mol. The molecule has 82 valence electrons. The van der Waals surface area contributed by atoms with E-state index in [0.717, 1.165) is 0 Å². The van der Waals surface area contributed by atoms with E-state index in [1.165, 1.54) is 6.92 Å². The first-order chi connectivity index (χ1) is 6.40. The van der Waals surface area contributed by atoms with Crippen molar-refractivity contribution >= 4 is 10.0 Å². The summed E-state index contributed by atoms with van der Waals surface area (Å²) < 4.78 is 24.8. The maximum atomic E-state index is 11.2. The lowest BCUT2D eigenvalue weighted by atomic mass is 10.4. The Morgan fingerprint density at radius 3 is 2.29 bits per heavy atom. The smallest absolute Gasteiger partial charge is 0.227 e. The molecule has 0 aliphatic carbocycles. The summed E-state index contributed by atoms with van der Waals surface area (Å²) in [7, 11) is -3.46. The molecule has 0 saturated heterocycles. The van der Waals surface area contributed by atoms with Crippen LogP contribution in [0.4, 0.5) is 0 Å². The van der Waals surface area contributed by atoms with Gasteiger partial charge in [-0.2, -0.15) is 5.26 Å². The molecule has 0 aromatic heterocycles. The average Bonchev–Trinajstić information content (AvgIpc) is 2.10. The molecular formula is C8H17N3O2S. The van der Waals surface area contributed by atoms with Crippen molar-refractivity contribution in [2.24, 2.45) is 0 Å². The van der Waals surface area contributed by atoms with Crippen molar-refractivity contribution in [2.45, 2.75) is 32.1 Å². The minimum absolute atomic E-state index is 0.312. The third kappa shape index (κ3) is 5.17. The Balaban J connectivity index is 3.85. The van der Waals surface area contributed by atoms with Crippen LogP contribution in [0, 0.1) is 11.3 Å². The zero-order valence-corrected chi connectivity index (χ0v) is 9.56. The lowest BCUT2D eigenvalue weighted by molar-refractivity contribution is 0.557. The van der Waals surface area contributed by atoms with Crippen LogP contribution in [0.25, 0.3) is 0 Å². The van der Waals surface area contributed by atoms with E-state index in [1.807, 2.05) is 13.8 Å². The fourth-order valence-electron chi connectivity index (χ4n) is 0.749. The van der Waals surface area contributed by atoms with Gasteiger partial charge in [0, 0.05) is 19.1 Å². The van der Waals surface area contributed by atoms with Crippen LogP contribution in [0.5, 0.6) is 0 Å². The fraction of sp³-hybridized carbons (Fsp3) is 0.875. The SMILES string of the molecule is CC(C)NCCNS(=O)(=O)C(C)C#N. The zero-order chi connectivity index (χ0) is 11.2. The molecule has 0 aliphatic rings. The normalized spacial score (nSPS) is 13.9. The van der Waals surface area contributed by atoms with Gasteiger partial charge in [0.15, 0.2) is 5.25 Å². The first kappa shape index (κ1) is 13.4. The van der Waals surface area contributed by atoms with Gasteiger partial charge in [-0.25, -0.2) is 13.1 Å². The van der Waals surface area contributed by atoms with E-state index < -0.39 is 15.3 Å². The van der Waals surface area contributed by atoms with E-state index in [9.17, 15) is 8.42 Å². The summed E-state index contributed by atoms with van der Waals surface area (Å²) in [5, 5.41) is 10.5. The molecule has 0 amide bonds. The quantitative estimate of drug-likeness (QED) is 0.607. The summed E-state index contributed by atoms with van der Waals surface area (Å²) in [6.07, 6.45) is 0. The van der Waals surface area contributed by atoms with Crippen LogP contribution in [0.2, 0.25) is 0 Å². The number of hydrogen-bond donors (Lipinski definition) is 2. The van der Waals surface area contributed by atoms with Gasteiger partial charge in [-0.1, -0.05) is 13.8 Å². The predicted molar refractivity (Wildman–Crippen MR) is 55.1 cm³/mol. The molecule has 1 atom stereocenters. The van der Waals surface area contributed by atoms with Gasteiger partial charge in [0.1, 0.15) is 0 Å². The molecule has 0 bridgehead atoms. The standard InChI is InChI=1S/C8H17N3O2S/c1-7(2)10-4-5-11-14(12,13)8(3)6-9/h7-8,10-11H,4-5H2,1-3H3. The maximum Gasteiger partial charge on any atom is 0.227 e. The topological polar surface area (TPSA) is 82.0 Å². The molecule has 0 spiro atoms. The summed E-state index contributed by atoms with van der Waals surface area (Å²) in [5.41, 5.74) is 0. The number of sulfonamides is 1. The van der Waals surface area contributed by atoms with Crippen LogP contribution < -0.4 is 10.0 Å². The highest BCUT2D eigenvalue weighted by molar-refractivity contribution is 7.90. The van der Waals surface area contributed by atoms with Crippen molar-refractivity contribution in [3.05, 3.63) is 0 Å². The van der Waals surface area contributed by atoms with Crippen LogP contribution in [0.1, 0.15) is 20.8 Å². The highest BCUT2D eigenvalue weighted by Crippen LogP contribution is 1.94. The fourth-order valence-corrected chi connectivity index (χ4v) is 1.52. The van der Waals surface area contributed by atoms with Gasteiger partial charge in [-0.05, 0) is 6.92 Å². The van der Waals surface area contributed by atoms with E-state index >= 15 is 0 Å². The van der Waals surface area contributed by atoms with Crippen LogP contribution in [-0.2, 0) is 10.0 Å². The molecule has 0 saturated carbocycles. The van der Waals surface area contributed by atoms with Crippen LogP contribution >= 0.6 is 0 Å². The van der Waals surface area contributed by atoms with Crippen LogP contribution in [0.15, 0.2) is 0 Å². The molecule has 0 heterocycles. The van der Waals surface area contributed by atoms with Crippen molar-refractivity contribution in [3.8, 4) is 6.07 Å². The highest BCUT2D eigenvalue weighted by Gasteiger charge is 2.18. The second-order valence-corrected chi connectivity index (χ2v) is 5.41. The van der Waals surface area contributed by atoms with E-state index in [-0.39, 0.29) is 0 Å². The lowest BCUT2D eigenvalue weighted by Gasteiger charge is -2.10. The second-order valence-electron chi connectivity index (χ2n) is 3.32. The monoisotopic (exact) mass is 219 g/mol. The largest absolute Gasteiger partial charge is 0.313 e. The van der Waals surface area contributed by atoms with Gasteiger partial charge in [0.05, 0.1) is 6.07 Å². The summed E-state index contributed by atoms with van der Waals surface area (Å²) in [6, 6.07) is 2.01. The van der Waals surface area contributed by atoms with Gasteiger partial charge in [-0.3, -0.25) is 0 Å². The molecule has 14 heavy (non-hydrogen) atoms. The molecule has 1 unspecified atom stereocenters. The van der Waals surface area contributed by atoms with Crippen molar-refractivity contribution in [1.82, 2.24) is 10.0 Å². The Labute approximate surface area is 85.5 Å². The maximum absolute atomic E-state index is 11.2. The number of nitrogens with zero attached hydrogens (tertiary/aromatic N) is 1. The van der Waals surface area contributed by atoms with E-state index in [4.69, 9.17) is 5.26 Å². The minimum Gasteiger partial charge on any atom is -0.313 e. The molecule has 5 nitrogen and oxygen atoms in total. The van der Waals surface area contributed by atoms with Crippen molar-refractivity contribution in [2.75, 3.05) is 13.1 Å². The Morgan fingerprint density at radius 1 is 1.29 bits per heavy atom. The Kier molecular flexibility index (Phi) is 5.69. The first-order valence-electron chi connectivity index (χ1n) is 4.51. The molecule has 0 rings (SSSR count). The summed E-state index contributed by atoms with van der Waals surface area (Å²) in [6.45, 7) is 6.19. The number of rotatable bonds is 6. The summed E-state index contributed by atoms with van der Waals surface area (Å²) in [5.74, 6) is 0. The molecule has 0 aromatic rings. The molecule has 0 aliphatic heterocycles. The van der Waals surface area contributed by atoms with Crippen molar-refractivity contribution < 1.29 is 8.42 Å². The summed E-state index contributed by atoms with van der Waals surface area (Å²) >= 11 is 0. The third-order valence-electron chi connectivity index (χ3n) is 1.63. The van der Waals surface area contributed by atoms with Gasteiger partial charge < -0.3 is 5.32 Å². The van der Waals surface area contributed by atoms with E-state index in [1.54, 1.807) is 6.07 Å². The minimum atomic E-state index is -3.46. The molecule has 0 fully saturated rings. The Morgan fingerprint density at radius 2 is 1.86 bits per heavy atom. The molecular weight excluding hydrogens is 202 g/mol. The molecule has 0 radical (unpaired) electrons. The number of nitrogens with one attached hydrogen (secondary N) is 2. The zero-order valence-electron chi connectivity index (χ0n) is 8.74. The van der Waals surface area contributed by atoms with Crippen LogP contribution in [0.3, 0.4) is 0 Å². The summed E-state index contributed by atoms with van der Waals surface area (Å²) in [4.78, 5) is 0. The van der Waals surface area contributed by atoms with Crippen LogP contribution in [-0.4, -0.2) is 32.8 Å². The Hall–Kier alpha value is -0.640. The van der Waals surface area contributed by atoms with Crippen molar-refractivity contribution in [3.63, 3.8) is 0 Å². The van der Waals surface area contributed by atoms with Crippen molar-refractivity contribution in [1.29, 1.82) is 5.26 Å². The van der Waals surface area contributed by atoms with Gasteiger partial charge in [-0.15, -0.1) is 0 Å². The molecule has 2 N–H and O–H groups in total. The molecule has 6 heteroatoms. The second kappa shape index (κ2) is 5.96. The third-order valence-corrected chi connectivity index (χ3v) is 3.27.